The molecule has 63 heavy (non-hydrogen) atoms. The lowest BCUT2D eigenvalue weighted by Gasteiger charge is -2.26. The molecule has 0 fully saturated rings. The van der Waals surface area contributed by atoms with E-state index in [0.29, 0.717) is 27.8 Å². The van der Waals surface area contributed by atoms with Crippen LogP contribution in [-0.2, 0) is 48.1 Å². The third-order valence-corrected chi connectivity index (χ3v) is 9.88. The van der Waals surface area contributed by atoms with E-state index in [1.54, 1.807) is 95.3 Å². The van der Waals surface area contributed by atoms with Gasteiger partial charge in [0.1, 0.15) is 18.0 Å². The fraction of sp³-hybridized carbons (Fsp3) is 0.468. The topological polar surface area (TPSA) is 268 Å². The highest BCUT2D eigenvalue weighted by Crippen LogP contribution is 2.26. The van der Waals surface area contributed by atoms with Gasteiger partial charge >= 0.3 is 12.2 Å². The number of ether oxygens (including phenoxy) is 2. The number of nitrogens with two attached hydrogens (primary N) is 3. The smallest absolute Gasteiger partial charge is 0.408 e. The molecular formula is C47H65N7O9. The van der Waals surface area contributed by atoms with Crippen molar-refractivity contribution in [3.8, 4) is 5.75 Å². The number of guanidine groups is 1. The molecule has 3 aromatic carbocycles. The summed E-state index contributed by atoms with van der Waals surface area (Å²) in [6, 6.07) is 16.9. The van der Waals surface area contributed by atoms with Gasteiger partial charge in [-0.2, -0.15) is 0 Å². The van der Waals surface area contributed by atoms with Crippen LogP contribution in [0.4, 0.5) is 9.59 Å². The van der Waals surface area contributed by atoms with E-state index in [0.717, 1.165) is 0 Å². The summed E-state index contributed by atoms with van der Waals surface area (Å²) in [4.78, 5) is 85.6. The first-order valence-corrected chi connectivity index (χ1v) is 20.9. The van der Waals surface area contributed by atoms with Crippen LogP contribution >= 0.6 is 0 Å². The fourth-order valence-electron chi connectivity index (χ4n) is 6.74. The molecule has 3 rings (SSSR count). The molecule has 0 aliphatic carbocycles. The minimum atomic E-state index is -2.50. The van der Waals surface area contributed by atoms with Crippen molar-refractivity contribution < 1.29 is 47.5 Å². The first-order valence-electron chi connectivity index (χ1n) is 22.4. The number of nitrogens with zero attached hydrogens (tertiary/aromatic N) is 1. The van der Waals surface area contributed by atoms with Gasteiger partial charge in [-0.15, -0.1) is 0 Å². The van der Waals surface area contributed by atoms with Gasteiger partial charge in [-0.1, -0.05) is 60.7 Å². The Bertz CT molecular complexity index is 2150. The van der Waals surface area contributed by atoms with Gasteiger partial charge in [0, 0.05) is 40.5 Å². The Hall–Kier alpha value is -6.45. The number of phenols is 1. The van der Waals surface area contributed by atoms with Gasteiger partial charge < -0.3 is 47.7 Å². The Morgan fingerprint density at radius 1 is 0.778 bits per heavy atom. The van der Waals surface area contributed by atoms with Crippen LogP contribution in [0.15, 0.2) is 77.8 Å². The van der Waals surface area contributed by atoms with Crippen LogP contribution in [0.2, 0.25) is 0 Å². The van der Waals surface area contributed by atoms with E-state index in [-0.39, 0.29) is 57.0 Å². The number of hydrogen-bond acceptors (Lipinski definition) is 10. The second-order valence-corrected chi connectivity index (χ2v) is 16.4. The maximum atomic E-state index is 14.7. The number of nitrogens with one attached hydrogen (secondary N) is 3. The Morgan fingerprint density at radius 3 is 1.97 bits per heavy atom. The second-order valence-electron chi connectivity index (χ2n) is 16.4. The van der Waals surface area contributed by atoms with Crippen molar-refractivity contribution in [2.75, 3.05) is 13.0 Å². The number of rotatable bonds is 25. The van der Waals surface area contributed by atoms with Crippen molar-refractivity contribution in [3.05, 3.63) is 101 Å². The van der Waals surface area contributed by atoms with Crippen molar-refractivity contribution in [2.24, 2.45) is 34.0 Å². The molecule has 0 bridgehead atoms. The minimum Gasteiger partial charge on any atom is -0.508 e. The minimum absolute atomic E-state index is 0.0267. The Balaban J connectivity index is 2.01. The molecule has 0 saturated heterocycles. The number of alkyl carbamates (subject to hydrolysis) is 2. The summed E-state index contributed by atoms with van der Waals surface area (Å²) in [5.41, 5.74) is 19.0. The number of ketones is 2. The fourth-order valence-corrected chi connectivity index (χ4v) is 6.74. The maximum absolute atomic E-state index is 14.7. The van der Waals surface area contributed by atoms with Gasteiger partial charge in [0.25, 0.3) is 0 Å². The number of phenolic OH excluding ortho intramolecular Hbond substituents is 1. The monoisotopic (exact) mass is 875 g/mol. The van der Waals surface area contributed by atoms with Gasteiger partial charge in [0.2, 0.25) is 11.8 Å². The quantitative estimate of drug-likeness (QED) is 0.0340. The van der Waals surface area contributed by atoms with E-state index in [2.05, 4.69) is 20.9 Å². The standard InChI is InChI=1S/C47H65N7O9/c1-30-23-36(55)24-31(2)37(30)26-35(28-41(57)39(20-14-22-51-44(49)50)54-46(61)62-29-33-17-10-7-11-18-33)43(59)53-38(19-12-13-21-52-45(60)63-47(3,4)5)40(56)27-34(42(48)58)25-32-15-8-6-9-16-32/h6-11,15-18,23-24,34-35,38-39,55H,12-14,19-22,25-29H2,1-5H3,(H2,48,58)(H,52,60)(H,53,59)(H,54,61)(H4,49,50,51)/t34-,35-,38+,39-/m1/s1/i21D2,38D. The predicted octanol–water partition coefficient (Wildman–Crippen LogP) is 4.96. The Kier molecular flexibility index (Phi) is 18.6. The highest BCUT2D eigenvalue weighted by atomic mass is 16.6. The zero-order chi connectivity index (χ0) is 49.2. The largest absolute Gasteiger partial charge is 0.508 e. The van der Waals surface area contributed by atoms with E-state index in [1.165, 1.54) is 12.1 Å². The van der Waals surface area contributed by atoms with Crippen molar-refractivity contribution in [3.63, 3.8) is 0 Å². The van der Waals surface area contributed by atoms with Crippen LogP contribution in [0.3, 0.4) is 0 Å². The average Bonchev–Trinajstić information content (AvgIpc) is 3.21. The number of aryl methyl sites for hydroxylation is 2. The van der Waals surface area contributed by atoms with E-state index >= 15 is 0 Å². The average molecular weight is 875 g/mol. The molecule has 16 nitrogen and oxygen atoms in total. The summed E-state index contributed by atoms with van der Waals surface area (Å²) in [6.45, 7) is 5.92. The molecule has 0 unspecified atom stereocenters. The first-order chi connectivity index (χ1) is 30.9. The molecule has 0 radical (unpaired) electrons. The lowest BCUT2D eigenvalue weighted by atomic mass is 9.86. The summed E-state index contributed by atoms with van der Waals surface area (Å²) in [7, 11) is 0. The van der Waals surface area contributed by atoms with Crippen LogP contribution in [0.1, 0.15) is 97.6 Å². The van der Waals surface area contributed by atoms with Crippen molar-refractivity contribution >= 4 is 41.5 Å². The molecule has 0 heterocycles. The molecule has 342 valence electrons. The van der Waals surface area contributed by atoms with Crippen LogP contribution in [0.5, 0.6) is 5.75 Å². The van der Waals surface area contributed by atoms with E-state index in [4.69, 9.17) is 29.4 Å². The van der Waals surface area contributed by atoms with Crippen LogP contribution < -0.4 is 33.2 Å². The lowest BCUT2D eigenvalue weighted by molar-refractivity contribution is -0.134. The van der Waals surface area contributed by atoms with Gasteiger partial charge in [-0.05, 0) is 120 Å². The summed E-state index contributed by atoms with van der Waals surface area (Å²) < 4.78 is 37.0. The number of carbonyl (C=O) groups excluding carboxylic acids is 6. The normalized spacial score (nSPS) is 14.5. The van der Waals surface area contributed by atoms with Crippen molar-refractivity contribution in [2.45, 2.75) is 117 Å². The number of hydrogen-bond donors (Lipinski definition) is 7. The highest BCUT2D eigenvalue weighted by molar-refractivity contribution is 5.95. The summed E-state index contributed by atoms with van der Waals surface area (Å²) >= 11 is 0. The molecule has 0 spiro atoms. The lowest BCUT2D eigenvalue weighted by Crippen LogP contribution is -2.47. The number of aromatic hydroxyl groups is 1. The number of aliphatic imine (C=N–C) groups is 1. The van der Waals surface area contributed by atoms with Gasteiger partial charge in [0.15, 0.2) is 17.5 Å². The maximum Gasteiger partial charge on any atom is 0.408 e. The SMILES string of the molecule is [2H]C([2H])(CCC[C@]([2H])(NC(=O)[C@@H](CC(=O)[C@@H](CCCN=C(N)N)NC(=O)OCc1ccccc1)Cc1c(C)cc(O)cc1C)C(=O)C[C@@H](Cc1ccccc1)C(N)=O)NC(=O)OC(C)(C)C. The van der Waals surface area contributed by atoms with Crippen LogP contribution in [-0.4, -0.2) is 77.3 Å². The molecule has 0 aromatic heterocycles. The molecular weight excluding hydrogens is 807 g/mol. The van der Waals surface area contributed by atoms with E-state index in [9.17, 15) is 35.2 Å². The zero-order valence-electron chi connectivity index (χ0n) is 39.8. The van der Waals surface area contributed by atoms with Gasteiger partial charge in [0.05, 0.1) is 13.4 Å². The van der Waals surface area contributed by atoms with Crippen molar-refractivity contribution in [1.29, 1.82) is 0 Å². The number of primary amides is 1. The first kappa shape index (κ1) is 46.1. The van der Waals surface area contributed by atoms with Gasteiger partial charge in [-0.3, -0.25) is 24.2 Å². The summed E-state index contributed by atoms with van der Waals surface area (Å²) in [5, 5.41) is 17.6. The van der Waals surface area contributed by atoms with Gasteiger partial charge in [-0.25, -0.2) is 9.59 Å². The Morgan fingerprint density at radius 2 is 1.38 bits per heavy atom. The number of benzene rings is 3. The van der Waals surface area contributed by atoms with Crippen LogP contribution in [0, 0.1) is 25.7 Å². The second kappa shape index (κ2) is 25.5. The summed E-state index contributed by atoms with van der Waals surface area (Å²) in [5.74, 6) is -5.79. The number of carbonyl (C=O) groups is 6. The predicted molar refractivity (Wildman–Crippen MR) is 240 cm³/mol. The van der Waals surface area contributed by atoms with Crippen molar-refractivity contribution in [1.82, 2.24) is 16.0 Å². The molecule has 16 heteroatoms. The molecule has 10 N–H and O–H groups in total. The molecule has 3 aromatic rings. The third-order valence-electron chi connectivity index (χ3n) is 9.88. The zero-order valence-corrected chi connectivity index (χ0v) is 36.8. The summed E-state index contributed by atoms with van der Waals surface area (Å²) in [6.07, 6.45) is -3.92. The highest BCUT2D eigenvalue weighted by Gasteiger charge is 2.33. The molecule has 4 amide bonds. The van der Waals surface area contributed by atoms with E-state index < -0.39 is 97.2 Å². The Labute approximate surface area is 374 Å². The molecule has 0 aliphatic heterocycles. The molecule has 4 atom stereocenters. The molecule has 0 aliphatic rings. The number of amides is 4. The number of Topliss-reactive ketones (excluding diaryl/α,β-unsaturated/α-hetero) is 2. The van der Waals surface area contributed by atoms with Crippen LogP contribution in [0.25, 0.3) is 0 Å². The molecule has 0 saturated carbocycles. The van der Waals surface area contributed by atoms with E-state index in [1.807, 2.05) is 0 Å². The third kappa shape index (κ3) is 19.4.